The number of hydrogen-bond donors (Lipinski definition) is 2. The summed E-state index contributed by atoms with van der Waals surface area (Å²) in [4.78, 5) is 20.0. The molecule has 1 unspecified atom stereocenters. The van der Waals surface area contributed by atoms with Crippen molar-refractivity contribution in [3.8, 4) is 5.75 Å². The van der Waals surface area contributed by atoms with Gasteiger partial charge in [-0.15, -0.1) is 0 Å². The third-order valence-corrected chi connectivity index (χ3v) is 7.70. The van der Waals surface area contributed by atoms with Gasteiger partial charge < -0.3 is 29.2 Å². The van der Waals surface area contributed by atoms with Crippen molar-refractivity contribution in [2.24, 2.45) is 0 Å². The van der Waals surface area contributed by atoms with Crippen LogP contribution in [0.15, 0.2) is 54.9 Å². The zero-order valence-electron chi connectivity index (χ0n) is 21.9. The van der Waals surface area contributed by atoms with E-state index in [0.29, 0.717) is 23.7 Å². The lowest BCUT2D eigenvalue weighted by atomic mass is 9.67. The van der Waals surface area contributed by atoms with E-state index in [1.165, 1.54) is 26.4 Å². The minimum Gasteiger partial charge on any atom is -0.493 e. The number of carbonyl (C=O) groups is 1. The van der Waals surface area contributed by atoms with E-state index in [2.05, 4.69) is 19.9 Å². The van der Waals surface area contributed by atoms with Crippen LogP contribution < -0.4 is 10.1 Å². The van der Waals surface area contributed by atoms with E-state index in [-0.39, 0.29) is 12.0 Å². The van der Waals surface area contributed by atoms with Crippen LogP contribution in [0.3, 0.4) is 0 Å². The average molecular weight is 545 g/mol. The first-order chi connectivity index (χ1) is 18.8. The summed E-state index contributed by atoms with van der Waals surface area (Å²) in [7, 11) is 1.23. The molecule has 2 aliphatic rings. The molecule has 2 N–H and O–H groups in total. The van der Waals surface area contributed by atoms with E-state index in [1.807, 2.05) is 0 Å². The van der Waals surface area contributed by atoms with Gasteiger partial charge in [-0.05, 0) is 50.6 Å². The second-order valence-corrected chi connectivity index (χ2v) is 10.1. The Morgan fingerprint density at radius 1 is 1.21 bits per heavy atom. The van der Waals surface area contributed by atoms with Gasteiger partial charge in [-0.3, -0.25) is 9.53 Å². The number of amides is 1. The van der Waals surface area contributed by atoms with Crippen molar-refractivity contribution in [1.82, 2.24) is 19.6 Å². The third-order valence-electron chi connectivity index (χ3n) is 7.70. The molecule has 9 nitrogen and oxygen atoms in total. The number of rotatable bonds is 11. The second kappa shape index (κ2) is 11.5. The predicted molar refractivity (Wildman–Crippen MR) is 139 cm³/mol. The Morgan fingerprint density at radius 2 is 1.97 bits per heavy atom. The van der Waals surface area contributed by atoms with Gasteiger partial charge in [0.1, 0.15) is 11.4 Å². The first-order valence-electron chi connectivity index (χ1n) is 13.3. The first kappa shape index (κ1) is 27.4. The lowest BCUT2D eigenvalue weighted by molar-refractivity contribution is -0.414. The van der Waals surface area contributed by atoms with E-state index in [1.54, 1.807) is 59.3 Å². The van der Waals surface area contributed by atoms with Crippen molar-refractivity contribution in [1.29, 1.82) is 0 Å². The van der Waals surface area contributed by atoms with Crippen LogP contribution in [-0.4, -0.2) is 76.8 Å². The Hall–Kier alpha value is -3.12. The van der Waals surface area contributed by atoms with Crippen LogP contribution in [-0.2, 0) is 9.47 Å². The molecule has 3 heterocycles. The normalized spacial score (nSPS) is 25.5. The van der Waals surface area contributed by atoms with Crippen LogP contribution in [0, 0.1) is 0 Å². The standard InChI is InChI=1S/C28H34F2N4O5/c1-37-28(32-25(35)20-9-4-2-5-10-20)22(18-27(28,36)39-26(29)30)23-19-31-24-17-21(11-15-34(23)24)38-16-8-14-33-12-6-3-7-13-33/h2,4-5,9-11,15,17,19,22,26,36H,3,6-8,12-14,16,18H2,1H3,(H,32,35)/t22?,27-,28+/m1/s1. The highest BCUT2D eigenvalue weighted by Crippen LogP contribution is 2.55. The summed E-state index contributed by atoms with van der Waals surface area (Å²) in [5.41, 5.74) is -0.586. The van der Waals surface area contributed by atoms with E-state index in [9.17, 15) is 18.7 Å². The number of nitrogens with one attached hydrogen (secondary N) is 1. The molecule has 1 saturated carbocycles. The number of methoxy groups -OCH3 is 1. The van der Waals surface area contributed by atoms with Gasteiger partial charge in [-0.2, -0.15) is 8.78 Å². The molecule has 1 aliphatic heterocycles. The fraction of sp³-hybridized carbons (Fsp3) is 0.500. The number of fused-ring (bicyclic) bond motifs is 1. The fourth-order valence-corrected chi connectivity index (χ4v) is 5.67. The Morgan fingerprint density at radius 3 is 2.69 bits per heavy atom. The second-order valence-electron chi connectivity index (χ2n) is 10.1. The number of carbonyl (C=O) groups excluding carboxylic acids is 1. The van der Waals surface area contributed by atoms with Crippen LogP contribution >= 0.6 is 0 Å². The highest BCUT2D eigenvalue weighted by Gasteiger charge is 2.70. The lowest BCUT2D eigenvalue weighted by Gasteiger charge is -2.58. The molecule has 0 bridgehead atoms. The number of benzene rings is 1. The first-order valence-corrected chi connectivity index (χ1v) is 13.3. The van der Waals surface area contributed by atoms with Crippen molar-refractivity contribution in [3.63, 3.8) is 0 Å². The van der Waals surface area contributed by atoms with Gasteiger partial charge in [-0.1, -0.05) is 24.6 Å². The number of piperidine rings is 1. The molecular formula is C28H34F2N4O5. The number of likely N-dealkylation sites (tertiary alicyclic amines) is 1. The summed E-state index contributed by atoms with van der Waals surface area (Å²) in [5.74, 6) is -3.15. The van der Waals surface area contributed by atoms with E-state index >= 15 is 0 Å². The molecule has 0 radical (unpaired) electrons. The predicted octanol–water partition coefficient (Wildman–Crippen LogP) is 3.78. The Kier molecular flexibility index (Phi) is 8.13. The highest BCUT2D eigenvalue weighted by molar-refractivity contribution is 5.94. The summed E-state index contributed by atoms with van der Waals surface area (Å²) in [5, 5.41) is 13.7. The third kappa shape index (κ3) is 5.49. The Labute approximate surface area is 225 Å². The number of ether oxygens (including phenoxy) is 3. The molecule has 210 valence electrons. The number of imidazole rings is 1. The number of aromatic nitrogens is 2. The molecule has 1 amide bonds. The van der Waals surface area contributed by atoms with Crippen molar-refractivity contribution in [2.45, 2.75) is 56.1 Å². The van der Waals surface area contributed by atoms with Crippen LogP contribution in [0.1, 0.15) is 54.1 Å². The summed E-state index contributed by atoms with van der Waals surface area (Å²) in [6.45, 7) is 0.608. The molecule has 3 atom stereocenters. The van der Waals surface area contributed by atoms with Crippen LogP contribution in [0.2, 0.25) is 0 Å². The number of alkyl halides is 2. The summed E-state index contributed by atoms with van der Waals surface area (Å²) >= 11 is 0. The average Bonchev–Trinajstić information content (AvgIpc) is 3.36. The monoisotopic (exact) mass is 544 g/mol. The van der Waals surface area contributed by atoms with Gasteiger partial charge in [0.05, 0.1) is 18.2 Å². The molecule has 39 heavy (non-hydrogen) atoms. The highest BCUT2D eigenvalue weighted by atomic mass is 19.3. The van der Waals surface area contributed by atoms with Gasteiger partial charge in [0.15, 0.2) is 0 Å². The van der Waals surface area contributed by atoms with Crippen LogP contribution in [0.25, 0.3) is 5.65 Å². The number of hydrogen-bond acceptors (Lipinski definition) is 7. The van der Waals surface area contributed by atoms with Crippen molar-refractivity contribution in [3.05, 3.63) is 66.1 Å². The number of pyridine rings is 1. The van der Waals surface area contributed by atoms with Crippen LogP contribution in [0.4, 0.5) is 8.78 Å². The zero-order valence-corrected chi connectivity index (χ0v) is 21.9. The smallest absolute Gasteiger partial charge is 0.347 e. The maximum absolute atomic E-state index is 13.3. The van der Waals surface area contributed by atoms with Gasteiger partial charge in [0, 0.05) is 44.1 Å². The van der Waals surface area contributed by atoms with Crippen LogP contribution in [0.5, 0.6) is 5.75 Å². The molecule has 0 spiro atoms. The van der Waals surface area contributed by atoms with E-state index < -0.39 is 29.9 Å². The minimum absolute atomic E-state index is 0.247. The Balaban J connectivity index is 1.33. The summed E-state index contributed by atoms with van der Waals surface area (Å²) in [6.07, 6.45) is 7.84. The number of aliphatic hydroxyl groups is 1. The zero-order chi connectivity index (χ0) is 27.5. The van der Waals surface area contributed by atoms with Gasteiger partial charge in [0.2, 0.25) is 11.5 Å². The van der Waals surface area contributed by atoms with E-state index in [0.717, 1.165) is 26.1 Å². The SMILES string of the molecule is CO[C@@]1(NC(=O)c2ccccc2)C(c2cnc3cc(OCCCN4CCCCC4)ccn23)C[C@@]1(O)OC(F)F. The molecule has 1 aromatic carbocycles. The van der Waals surface area contributed by atoms with E-state index in [4.69, 9.17) is 9.47 Å². The van der Waals surface area contributed by atoms with Crippen molar-refractivity contribution in [2.75, 3.05) is 33.4 Å². The maximum Gasteiger partial charge on any atom is 0.347 e. The minimum atomic E-state index is -3.28. The molecule has 11 heteroatoms. The summed E-state index contributed by atoms with van der Waals surface area (Å²) in [6, 6.07) is 11.8. The quantitative estimate of drug-likeness (QED) is 0.280. The lowest BCUT2D eigenvalue weighted by Crippen LogP contribution is -2.78. The molecule has 2 fully saturated rings. The number of halogens is 2. The number of nitrogens with zero attached hydrogens (tertiary/aromatic N) is 3. The fourth-order valence-electron chi connectivity index (χ4n) is 5.67. The molecule has 2 aromatic heterocycles. The van der Waals surface area contributed by atoms with Gasteiger partial charge >= 0.3 is 6.61 Å². The molecule has 1 aliphatic carbocycles. The topological polar surface area (TPSA) is 97.6 Å². The largest absolute Gasteiger partial charge is 0.493 e. The van der Waals surface area contributed by atoms with Gasteiger partial charge in [-0.25, -0.2) is 4.98 Å². The molecule has 3 aromatic rings. The summed E-state index contributed by atoms with van der Waals surface area (Å²) < 4.78 is 44.5. The molecular weight excluding hydrogens is 510 g/mol. The van der Waals surface area contributed by atoms with Crippen molar-refractivity contribution >= 4 is 11.6 Å². The maximum atomic E-state index is 13.3. The molecule has 5 rings (SSSR count). The Bertz CT molecular complexity index is 1270. The van der Waals surface area contributed by atoms with Crippen molar-refractivity contribution < 1.29 is 32.9 Å². The molecule has 1 saturated heterocycles. The van der Waals surface area contributed by atoms with Gasteiger partial charge in [0.25, 0.3) is 5.91 Å².